The maximum Gasteiger partial charge on any atom is 0.162 e. The molecule has 2 rings (SSSR count). The lowest BCUT2D eigenvalue weighted by atomic mass is 9.81. The molecule has 3 nitrogen and oxygen atoms in total. The number of hydrogen-bond acceptors (Lipinski definition) is 3. The van der Waals surface area contributed by atoms with Crippen LogP contribution in [0.1, 0.15) is 57.6 Å². The molecule has 1 aromatic rings. The van der Waals surface area contributed by atoms with E-state index in [1.807, 2.05) is 6.07 Å². The van der Waals surface area contributed by atoms with Crippen LogP contribution >= 0.6 is 0 Å². The Morgan fingerprint density at radius 2 is 1.67 bits per heavy atom. The molecule has 0 spiro atoms. The fraction of sp³-hybridized carbons (Fsp3) is 0.600. The molecule has 0 aromatic heterocycles. The largest absolute Gasteiger partial charge is 0.504 e. The van der Waals surface area contributed by atoms with Crippen LogP contribution < -0.4 is 5.73 Å². The molecular formula is C15H23NO2. The summed E-state index contributed by atoms with van der Waals surface area (Å²) in [5.41, 5.74) is 7.54. The normalized spacial score (nSPS) is 19.1. The monoisotopic (exact) mass is 249 g/mol. The van der Waals surface area contributed by atoms with Crippen LogP contribution in [0.15, 0.2) is 12.1 Å². The molecule has 1 aliphatic carbocycles. The van der Waals surface area contributed by atoms with Gasteiger partial charge in [-0.3, -0.25) is 0 Å². The highest BCUT2D eigenvalue weighted by Crippen LogP contribution is 2.45. The molecule has 3 heteroatoms. The van der Waals surface area contributed by atoms with Crippen molar-refractivity contribution in [2.45, 2.75) is 57.4 Å². The predicted molar refractivity (Wildman–Crippen MR) is 72.8 cm³/mol. The Balaban J connectivity index is 2.56. The Bertz CT molecular complexity index is 454. The molecule has 1 aromatic carbocycles. The average Bonchev–Trinajstić information content (AvgIpc) is 2.68. The first-order valence-electron chi connectivity index (χ1n) is 6.60. The number of hydrogen-bond donors (Lipinski definition) is 3. The van der Waals surface area contributed by atoms with Gasteiger partial charge in [0.25, 0.3) is 0 Å². The zero-order valence-electron chi connectivity index (χ0n) is 11.5. The van der Waals surface area contributed by atoms with Gasteiger partial charge in [-0.05, 0) is 36.0 Å². The second kappa shape index (κ2) is 4.16. The van der Waals surface area contributed by atoms with Crippen molar-refractivity contribution >= 4 is 0 Å². The molecule has 0 aliphatic heterocycles. The number of benzene rings is 1. The Morgan fingerprint density at radius 3 is 2.17 bits per heavy atom. The van der Waals surface area contributed by atoms with Gasteiger partial charge in [0.15, 0.2) is 11.5 Å². The lowest BCUT2D eigenvalue weighted by molar-refractivity contribution is 0.371. The number of phenols is 2. The van der Waals surface area contributed by atoms with E-state index in [-0.39, 0.29) is 16.9 Å². The molecule has 100 valence electrons. The Kier molecular flexibility index (Phi) is 3.06. The molecule has 0 radical (unpaired) electrons. The van der Waals surface area contributed by atoms with Gasteiger partial charge in [0.2, 0.25) is 0 Å². The summed E-state index contributed by atoms with van der Waals surface area (Å²) < 4.78 is 0. The van der Waals surface area contributed by atoms with Gasteiger partial charge >= 0.3 is 0 Å². The van der Waals surface area contributed by atoms with Crippen molar-refractivity contribution in [1.82, 2.24) is 0 Å². The van der Waals surface area contributed by atoms with Gasteiger partial charge in [-0.25, -0.2) is 0 Å². The van der Waals surface area contributed by atoms with Crippen LogP contribution in [0.3, 0.4) is 0 Å². The van der Waals surface area contributed by atoms with Crippen LogP contribution in [0.5, 0.6) is 11.5 Å². The van der Waals surface area contributed by atoms with Gasteiger partial charge in [0.05, 0.1) is 0 Å². The molecule has 0 amide bonds. The van der Waals surface area contributed by atoms with Crippen molar-refractivity contribution < 1.29 is 10.2 Å². The fourth-order valence-electron chi connectivity index (χ4n) is 2.71. The lowest BCUT2D eigenvalue weighted by Crippen LogP contribution is -2.33. The minimum absolute atomic E-state index is 0.0487. The number of rotatable bonds is 1. The molecule has 1 saturated carbocycles. The van der Waals surface area contributed by atoms with Crippen LogP contribution in [0.2, 0.25) is 0 Å². The third-order valence-corrected chi connectivity index (χ3v) is 3.99. The second-order valence-electron chi connectivity index (χ2n) is 6.50. The van der Waals surface area contributed by atoms with Gasteiger partial charge in [-0.1, -0.05) is 33.6 Å². The average molecular weight is 249 g/mol. The van der Waals surface area contributed by atoms with E-state index in [0.717, 1.165) is 31.2 Å². The SMILES string of the molecule is CC(C)(C)c1cc(O)c(O)c(C2(N)CCCC2)c1. The standard InChI is InChI=1S/C15H23NO2/c1-14(2,3)10-8-11(13(18)12(17)9-10)15(16)6-4-5-7-15/h8-9,17-18H,4-7,16H2,1-3H3. The summed E-state index contributed by atoms with van der Waals surface area (Å²) in [5, 5.41) is 20.0. The van der Waals surface area contributed by atoms with E-state index in [9.17, 15) is 10.2 Å². The Hall–Kier alpha value is -1.22. The highest BCUT2D eigenvalue weighted by Gasteiger charge is 2.35. The van der Waals surface area contributed by atoms with Crippen molar-refractivity contribution in [3.05, 3.63) is 23.3 Å². The molecule has 1 aliphatic rings. The summed E-state index contributed by atoms with van der Waals surface area (Å²) in [5.74, 6) is -0.110. The van der Waals surface area contributed by atoms with Gasteiger partial charge in [-0.15, -0.1) is 0 Å². The molecule has 18 heavy (non-hydrogen) atoms. The molecule has 0 atom stereocenters. The smallest absolute Gasteiger partial charge is 0.162 e. The van der Waals surface area contributed by atoms with Crippen LogP contribution in [-0.4, -0.2) is 10.2 Å². The quantitative estimate of drug-likeness (QED) is 0.670. The van der Waals surface area contributed by atoms with Crippen molar-refractivity contribution in [2.75, 3.05) is 0 Å². The highest BCUT2D eigenvalue weighted by molar-refractivity contribution is 5.52. The van der Waals surface area contributed by atoms with Gasteiger partial charge in [0, 0.05) is 11.1 Å². The topological polar surface area (TPSA) is 66.5 Å². The number of phenolic OH excluding ortho intramolecular Hbond substituents is 2. The maximum absolute atomic E-state index is 10.1. The van der Waals surface area contributed by atoms with Crippen molar-refractivity contribution in [3.8, 4) is 11.5 Å². The zero-order chi connectivity index (χ0) is 13.6. The van der Waals surface area contributed by atoms with Crippen molar-refractivity contribution in [3.63, 3.8) is 0 Å². The molecule has 0 saturated heterocycles. The molecule has 4 N–H and O–H groups in total. The number of nitrogens with two attached hydrogens (primary N) is 1. The molecule has 0 heterocycles. The minimum atomic E-state index is -0.483. The van der Waals surface area contributed by atoms with E-state index in [1.165, 1.54) is 0 Å². The van der Waals surface area contributed by atoms with Gasteiger partial charge in [0.1, 0.15) is 0 Å². The van der Waals surface area contributed by atoms with Gasteiger partial charge < -0.3 is 15.9 Å². The third kappa shape index (κ3) is 2.19. The lowest BCUT2D eigenvalue weighted by Gasteiger charge is -2.28. The van der Waals surface area contributed by atoms with Crippen molar-refractivity contribution in [1.29, 1.82) is 0 Å². The first-order chi connectivity index (χ1) is 8.24. The van der Waals surface area contributed by atoms with Crippen LogP contribution in [0.4, 0.5) is 0 Å². The molecular weight excluding hydrogens is 226 g/mol. The molecule has 0 bridgehead atoms. The van der Waals surface area contributed by atoms with E-state index in [1.54, 1.807) is 6.07 Å². The van der Waals surface area contributed by atoms with E-state index < -0.39 is 5.54 Å². The maximum atomic E-state index is 10.1. The van der Waals surface area contributed by atoms with Crippen LogP contribution in [-0.2, 0) is 11.0 Å². The summed E-state index contributed by atoms with van der Waals surface area (Å²) >= 11 is 0. The fourth-order valence-corrected chi connectivity index (χ4v) is 2.71. The summed E-state index contributed by atoms with van der Waals surface area (Å²) in [6.07, 6.45) is 3.90. The van der Waals surface area contributed by atoms with Crippen molar-refractivity contribution in [2.24, 2.45) is 5.73 Å². The number of aromatic hydroxyl groups is 2. The summed E-state index contributed by atoms with van der Waals surface area (Å²) in [7, 11) is 0. The van der Waals surface area contributed by atoms with E-state index in [4.69, 9.17) is 5.73 Å². The Morgan fingerprint density at radius 1 is 1.11 bits per heavy atom. The van der Waals surface area contributed by atoms with E-state index in [0.29, 0.717) is 5.56 Å². The Labute approximate surface area is 109 Å². The summed E-state index contributed by atoms with van der Waals surface area (Å²) in [4.78, 5) is 0. The predicted octanol–water partition coefficient (Wildman–Crippen LogP) is 3.12. The zero-order valence-corrected chi connectivity index (χ0v) is 11.5. The first-order valence-corrected chi connectivity index (χ1v) is 6.60. The van der Waals surface area contributed by atoms with Crippen LogP contribution in [0.25, 0.3) is 0 Å². The summed E-state index contributed by atoms with van der Waals surface area (Å²) in [6.45, 7) is 6.25. The minimum Gasteiger partial charge on any atom is -0.504 e. The van der Waals surface area contributed by atoms with Crippen LogP contribution in [0, 0.1) is 0 Å². The first kappa shape index (κ1) is 13.2. The molecule has 0 unspecified atom stereocenters. The second-order valence-corrected chi connectivity index (χ2v) is 6.50. The highest BCUT2D eigenvalue weighted by atomic mass is 16.3. The van der Waals surface area contributed by atoms with Gasteiger partial charge in [-0.2, -0.15) is 0 Å². The van der Waals surface area contributed by atoms with E-state index in [2.05, 4.69) is 20.8 Å². The third-order valence-electron chi connectivity index (χ3n) is 3.99. The van der Waals surface area contributed by atoms with E-state index >= 15 is 0 Å². The summed E-state index contributed by atoms with van der Waals surface area (Å²) in [6, 6.07) is 3.59. The molecule has 1 fully saturated rings.